The minimum Gasteiger partial charge on any atom is -0.318 e. The summed E-state index contributed by atoms with van der Waals surface area (Å²) < 4.78 is 13.1. The number of ketones is 1. The molecule has 0 atom stereocenters. The Labute approximate surface area is 180 Å². The van der Waals surface area contributed by atoms with E-state index in [1.165, 1.54) is 36.3 Å². The fourth-order valence-corrected chi connectivity index (χ4v) is 5.11. The van der Waals surface area contributed by atoms with Crippen LogP contribution in [0.15, 0.2) is 24.3 Å². The van der Waals surface area contributed by atoms with Gasteiger partial charge in [0.15, 0.2) is 10.9 Å². The molecule has 2 aliphatic heterocycles. The first-order valence-corrected chi connectivity index (χ1v) is 11.4. The summed E-state index contributed by atoms with van der Waals surface area (Å²) >= 11 is 1.32. The minimum atomic E-state index is -0.288. The number of halogens is 1. The lowest BCUT2D eigenvalue weighted by molar-refractivity contribution is 0.0979. The van der Waals surface area contributed by atoms with Gasteiger partial charge >= 0.3 is 6.03 Å². The van der Waals surface area contributed by atoms with E-state index >= 15 is 0 Å². The van der Waals surface area contributed by atoms with Gasteiger partial charge in [-0.25, -0.2) is 14.2 Å². The number of benzene rings is 1. The zero-order valence-electron chi connectivity index (χ0n) is 17.3. The summed E-state index contributed by atoms with van der Waals surface area (Å²) in [4.78, 5) is 36.5. The van der Waals surface area contributed by atoms with E-state index in [2.05, 4.69) is 9.88 Å². The number of thiazole rings is 1. The summed E-state index contributed by atoms with van der Waals surface area (Å²) in [6.07, 6.45) is 3.89. The van der Waals surface area contributed by atoms with Gasteiger partial charge in [0, 0.05) is 26.1 Å². The number of carbonyl (C=O) groups excluding carboxylic acids is 2. The number of likely N-dealkylation sites (tertiary alicyclic amines) is 1. The van der Waals surface area contributed by atoms with E-state index in [9.17, 15) is 14.0 Å². The third-order valence-corrected chi connectivity index (χ3v) is 6.95. The number of hydrogen-bond donors (Lipinski definition) is 0. The molecule has 0 unspecified atom stereocenters. The molecule has 2 aromatic rings. The van der Waals surface area contributed by atoms with Crippen LogP contribution < -0.4 is 4.90 Å². The third kappa shape index (κ3) is 4.70. The lowest BCUT2D eigenvalue weighted by Crippen LogP contribution is -2.31. The second-order valence-electron chi connectivity index (χ2n) is 7.97. The quantitative estimate of drug-likeness (QED) is 0.592. The van der Waals surface area contributed by atoms with Gasteiger partial charge in [0.25, 0.3) is 0 Å². The molecular weight excluding hydrogens is 403 g/mol. The van der Waals surface area contributed by atoms with Gasteiger partial charge in [0.2, 0.25) is 0 Å². The average molecular weight is 431 g/mol. The Kier molecular flexibility index (Phi) is 6.43. The Morgan fingerprint density at radius 3 is 2.60 bits per heavy atom. The molecule has 8 heteroatoms. The molecule has 6 nitrogen and oxygen atoms in total. The van der Waals surface area contributed by atoms with Crippen molar-refractivity contribution in [2.45, 2.75) is 39.2 Å². The van der Waals surface area contributed by atoms with Gasteiger partial charge in [0.05, 0.1) is 10.6 Å². The van der Waals surface area contributed by atoms with Crippen molar-refractivity contribution >= 4 is 28.3 Å². The van der Waals surface area contributed by atoms with Gasteiger partial charge in [-0.3, -0.25) is 9.69 Å². The molecule has 0 spiro atoms. The molecule has 0 bridgehead atoms. The molecule has 0 aliphatic carbocycles. The predicted molar refractivity (Wildman–Crippen MR) is 116 cm³/mol. The van der Waals surface area contributed by atoms with Gasteiger partial charge in [-0.1, -0.05) is 23.5 Å². The molecule has 0 N–H and O–H groups in total. The highest BCUT2D eigenvalue weighted by Crippen LogP contribution is 2.30. The maximum atomic E-state index is 13.1. The lowest BCUT2D eigenvalue weighted by Gasteiger charge is -2.17. The third-order valence-electron chi connectivity index (χ3n) is 5.73. The summed E-state index contributed by atoms with van der Waals surface area (Å²) in [5.41, 5.74) is 1.58. The molecule has 0 radical (unpaired) electrons. The molecule has 2 fully saturated rings. The zero-order valence-corrected chi connectivity index (χ0v) is 18.1. The molecule has 160 valence electrons. The van der Waals surface area contributed by atoms with Crippen LogP contribution in [0, 0.1) is 12.7 Å². The monoisotopic (exact) mass is 430 g/mol. The normalized spacial score (nSPS) is 17.3. The van der Waals surface area contributed by atoms with Crippen molar-refractivity contribution in [1.29, 1.82) is 0 Å². The van der Waals surface area contributed by atoms with E-state index in [1.54, 1.807) is 21.9 Å². The van der Waals surface area contributed by atoms with Crippen LogP contribution in [0.4, 0.5) is 14.3 Å². The molecular formula is C22H27FN4O2S. The molecule has 4 rings (SSSR count). The number of amides is 2. The summed E-state index contributed by atoms with van der Waals surface area (Å²) in [7, 11) is 0. The highest BCUT2D eigenvalue weighted by molar-refractivity contribution is 7.17. The second-order valence-corrected chi connectivity index (χ2v) is 8.95. The smallest absolute Gasteiger partial charge is 0.318 e. The number of anilines is 1. The number of Topliss-reactive ketones (excluding diaryl/α,β-unsaturated/α-hetero) is 1. The number of aryl methyl sites for hydroxylation is 1. The topological polar surface area (TPSA) is 56.8 Å². The SMILES string of the molecule is Cc1nc(N2CCN(Cc3ccc(F)cc3)C2=O)sc1C(=O)CCCN1CCCC1. The number of rotatable bonds is 8. The van der Waals surface area contributed by atoms with Crippen LogP contribution in [0.25, 0.3) is 0 Å². The van der Waals surface area contributed by atoms with Crippen LogP contribution in [0.3, 0.4) is 0 Å². The highest BCUT2D eigenvalue weighted by Gasteiger charge is 2.32. The summed E-state index contributed by atoms with van der Waals surface area (Å²) in [5, 5.41) is 0.585. The largest absolute Gasteiger partial charge is 0.326 e. The highest BCUT2D eigenvalue weighted by atomic mass is 32.1. The number of hydrogen-bond acceptors (Lipinski definition) is 5. The molecule has 1 aromatic heterocycles. The van der Waals surface area contributed by atoms with Crippen molar-refractivity contribution in [2.75, 3.05) is 37.6 Å². The van der Waals surface area contributed by atoms with Gasteiger partial charge in [-0.05, 0) is 63.5 Å². The summed E-state index contributed by atoms with van der Waals surface area (Å²) in [6, 6.07) is 6.06. The van der Waals surface area contributed by atoms with Crippen molar-refractivity contribution in [3.63, 3.8) is 0 Å². The standard InChI is InChI=1S/C22H27FN4O2S/c1-16-20(19(28)5-4-12-25-10-2-3-11-25)30-21(24-16)27-14-13-26(22(27)29)15-17-6-8-18(23)9-7-17/h6-9H,2-5,10-15H2,1H3. The first-order chi connectivity index (χ1) is 14.5. The summed E-state index contributed by atoms with van der Waals surface area (Å²) in [6.45, 7) is 6.64. The molecule has 2 amide bonds. The Bertz CT molecular complexity index is 908. The lowest BCUT2D eigenvalue weighted by atomic mass is 10.1. The fraction of sp³-hybridized carbons (Fsp3) is 0.500. The van der Waals surface area contributed by atoms with Crippen LogP contribution in [0.2, 0.25) is 0 Å². The maximum absolute atomic E-state index is 13.1. The first-order valence-electron chi connectivity index (χ1n) is 10.5. The number of nitrogens with zero attached hydrogens (tertiary/aromatic N) is 4. The van der Waals surface area contributed by atoms with Gasteiger partial charge in [-0.2, -0.15) is 0 Å². The Morgan fingerprint density at radius 1 is 1.13 bits per heavy atom. The van der Waals surface area contributed by atoms with Gasteiger partial charge < -0.3 is 9.80 Å². The molecule has 3 heterocycles. The second kappa shape index (κ2) is 9.22. The van der Waals surface area contributed by atoms with Crippen LogP contribution in [0.1, 0.15) is 46.6 Å². The van der Waals surface area contributed by atoms with Gasteiger partial charge in [-0.15, -0.1) is 0 Å². The Hall–Kier alpha value is -2.32. The molecule has 2 saturated heterocycles. The van der Waals surface area contributed by atoms with E-state index in [0.717, 1.165) is 31.6 Å². The minimum absolute atomic E-state index is 0.116. The van der Waals surface area contributed by atoms with Crippen molar-refractivity contribution < 1.29 is 14.0 Å². The van der Waals surface area contributed by atoms with E-state index in [4.69, 9.17) is 0 Å². The Morgan fingerprint density at radius 2 is 1.87 bits per heavy atom. The van der Waals surface area contributed by atoms with Crippen molar-refractivity contribution in [2.24, 2.45) is 0 Å². The van der Waals surface area contributed by atoms with Crippen molar-refractivity contribution in [3.05, 3.63) is 46.2 Å². The van der Waals surface area contributed by atoms with Crippen molar-refractivity contribution in [3.8, 4) is 0 Å². The summed E-state index contributed by atoms with van der Waals surface area (Å²) in [5.74, 6) is -0.172. The number of urea groups is 1. The number of aromatic nitrogens is 1. The van der Waals surface area contributed by atoms with E-state index in [-0.39, 0.29) is 17.6 Å². The zero-order chi connectivity index (χ0) is 21.1. The van der Waals surface area contributed by atoms with E-state index < -0.39 is 0 Å². The Balaban J connectivity index is 1.35. The molecule has 1 aromatic carbocycles. The van der Waals surface area contributed by atoms with Crippen LogP contribution in [-0.4, -0.2) is 59.3 Å². The molecule has 30 heavy (non-hydrogen) atoms. The fourth-order valence-electron chi connectivity index (χ4n) is 4.06. The molecule has 0 saturated carbocycles. The average Bonchev–Trinajstić information content (AvgIpc) is 3.45. The number of carbonyl (C=O) groups is 2. The van der Waals surface area contributed by atoms with Crippen LogP contribution in [0.5, 0.6) is 0 Å². The predicted octanol–water partition coefficient (Wildman–Crippen LogP) is 4.09. The maximum Gasteiger partial charge on any atom is 0.326 e. The van der Waals surface area contributed by atoms with Crippen LogP contribution in [-0.2, 0) is 6.54 Å². The van der Waals surface area contributed by atoms with Crippen LogP contribution >= 0.6 is 11.3 Å². The van der Waals surface area contributed by atoms with Crippen molar-refractivity contribution in [1.82, 2.24) is 14.8 Å². The van der Waals surface area contributed by atoms with E-state index in [1.807, 2.05) is 6.92 Å². The molecule has 2 aliphatic rings. The first kappa shape index (κ1) is 20.9. The van der Waals surface area contributed by atoms with Gasteiger partial charge in [0.1, 0.15) is 5.82 Å². The van der Waals surface area contributed by atoms with E-state index in [0.29, 0.717) is 41.8 Å².